The average Bonchev–Trinajstić information content (AvgIpc) is 3.13. The lowest BCUT2D eigenvalue weighted by molar-refractivity contribution is -0.125. The Hall–Kier alpha value is -1.84. The van der Waals surface area contributed by atoms with Gasteiger partial charge in [0, 0.05) is 49.2 Å². The number of amides is 1. The third-order valence-corrected chi connectivity index (χ3v) is 5.42. The zero-order valence-electron chi connectivity index (χ0n) is 17.6. The first-order valence-electron chi connectivity index (χ1n) is 10.7. The van der Waals surface area contributed by atoms with Gasteiger partial charge in [-0.15, -0.1) is 24.0 Å². The first-order valence-corrected chi connectivity index (χ1v) is 10.7. The fourth-order valence-electron chi connectivity index (χ4n) is 3.86. The van der Waals surface area contributed by atoms with Crippen molar-refractivity contribution in [2.24, 2.45) is 10.9 Å². The first-order chi connectivity index (χ1) is 14.2. The predicted octanol–water partition coefficient (Wildman–Crippen LogP) is 3.72. The van der Waals surface area contributed by atoms with Crippen molar-refractivity contribution in [1.82, 2.24) is 20.9 Å². The topological polar surface area (TPSA) is 81.3 Å². The highest BCUT2D eigenvalue weighted by molar-refractivity contribution is 14.0. The minimum Gasteiger partial charge on any atom is -0.361 e. The lowest BCUT2D eigenvalue weighted by atomic mass is 9.89. The van der Waals surface area contributed by atoms with E-state index in [-0.39, 0.29) is 41.6 Å². The molecule has 1 aromatic heterocycles. The third-order valence-electron chi connectivity index (χ3n) is 5.42. The van der Waals surface area contributed by atoms with Crippen LogP contribution < -0.4 is 16.0 Å². The van der Waals surface area contributed by atoms with Crippen LogP contribution in [-0.4, -0.2) is 43.0 Å². The Labute approximate surface area is 194 Å². The molecule has 4 N–H and O–H groups in total. The fraction of sp³-hybridized carbons (Fsp3) is 0.545. The highest BCUT2D eigenvalue weighted by Crippen LogP contribution is 2.23. The molecule has 1 amide bonds. The van der Waals surface area contributed by atoms with Gasteiger partial charge in [0.25, 0.3) is 0 Å². The number of halogens is 2. The Bertz CT molecular complexity index is 832. The normalized spacial score (nSPS) is 14.9. The number of fused-ring (bicyclic) bond motifs is 1. The Morgan fingerprint density at radius 2 is 1.93 bits per heavy atom. The molecule has 3 rings (SSSR count). The summed E-state index contributed by atoms with van der Waals surface area (Å²) >= 11 is 0. The van der Waals surface area contributed by atoms with Gasteiger partial charge in [-0.2, -0.15) is 0 Å². The molecule has 1 aliphatic carbocycles. The van der Waals surface area contributed by atoms with Crippen LogP contribution in [0.2, 0.25) is 0 Å². The van der Waals surface area contributed by atoms with E-state index in [9.17, 15) is 9.18 Å². The second-order valence-corrected chi connectivity index (χ2v) is 7.57. The Morgan fingerprint density at radius 1 is 1.17 bits per heavy atom. The number of carbonyl (C=O) groups excluding carboxylic acids is 1. The zero-order chi connectivity index (χ0) is 20.5. The summed E-state index contributed by atoms with van der Waals surface area (Å²) in [5, 5.41) is 10.4. The molecule has 1 saturated carbocycles. The minimum absolute atomic E-state index is 0. The summed E-state index contributed by atoms with van der Waals surface area (Å²) in [7, 11) is 0. The summed E-state index contributed by atoms with van der Waals surface area (Å²) < 4.78 is 13.5. The van der Waals surface area contributed by atoms with Crippen molar-refractivity contribution >= 4 is 46.7 Å². The molecule has 0 unspecified atom stereocenters. The van der Waals surface area contributed by atoms with Crippen molar-refractivity contribution in [3.63, 3.8) is 0 Å². The average molecular weight is 529 g/mol. The molecular formula is C22H33FIN5O. The minimum atomic E-state index is -0.230. The maximum absolute atomic E-state index is 13.5. The van der Waals surface area contributed by atoms with Crippen molar-refractivity contribution in [1.29, 1.82) is 0 Å². The summed E-state index contributed by atoms with van der Waals surface area (Å²) in [6.45, 7) is 4.58. The number of nitrogens with one attached hydrogen (secondary N) is 4. The second-order valence-electron chi connectivity index (χ2n) is 7.57. The van der Waals surface area contributed by atoms with Gasteiger partial charge in [0.1, 0.15) is 5.82 Å². The van der Waals surface area contributed by atoms with Crippen LogP contribution in [0.5, 0.6) is 0 Å². The van der Waals surface area contributed by atoms with Crippen LogP contribution in [0.1, 0.15) is 44.6 Å². The number of carbonyl (C=O) groups is 1. The van der Waals surface area contributed by atoms with Crippen molar-refractivity contribution in [3.8, 4) is 0 Å². The first kappa shape index (κ1) is 24.4. The van der Waals surface area contributed by atoms with E-state index in [0.29, 0.717) is 19.6 Å². The van der Waals surface area contributed by atoms with Gasteiger partial charge >= 0.3 is 0 Å². The number of aromatic nitrogens is 1. The molecule has 1 heterocycles. The highest BCUT2D eigenvalue weighted by Gasteiger charge is 2.20. The standard InChI is InChI=1S/C22H32FN5O.HI/c1-2-24-22(27-13-12-25-21(29)16-6-4-3-5-7-16)26-11-10-17-15-28-20-9-8-18(23)14-19(17)20;/h8-9,14-16,28H,2-7,10-13H2,1H3,(H,25,29)(H2,24,26,27);1H. The molecular weight excluding hydrogens is 496 g/mol. The maximum atomic E-state index is 13.5. The Kier molecular flexibility index (Phi) is 10.4. The van der Waals surface area contributed by atoms with E-state index >= 15 is 0 Å². The zero-order valence-corrected chi connectivity index (χ0v) is 19.9. The fourth-order valence-corrected chi connectivity index (χ4v) is 3.86. The van der Waals surface area contributed by atoms with Crippen molar-refractivity contribution in [2.45, 2.75) is 45.4 Å². The lowest BCUT2D eigenvalue weighted by Crippen LogP contribution is -2.42. The van der Waals surface area contributed by atoms with Crippen LogP contribution in [0.3, 0.4) is 0 Å². The van der Waals surface area contributed by atoms with Crippen molar-refractivity contribution in [3.05, 3.63) is 35.8 Å². The molecule has 1 aliphatic rings. The van der Waals surface area contributed by atoms with Crippen LogP contribution in [0, 0.1) is 11.7 Å². The number of H-pyrrole nitrogens is 1. The van der Waals surface area contributed by atoms with Gasteiger partial charge < -0.3 is 20.9 Å². The van der Waals surface area contributed by atoms with Gasteiger partial charge in [-0.3, -0.25) is 9.79 Å². The molecule has 8 heteroatoms. The number of hydrogen-bond donors (Lipinski definition) is 4. The number of rotatable bonds is 8. The molecule has 0 bridgehead atoms. The molecule has 1 fully saturated rings. The lowest BCUT2D eigenvalue weighted by Gasteiger charge is -2.21. The Morgan fingerprint density at radius 3 is 2.70 bits per heavy atom. The molecule has 0 spiro atoms. The predicted molar refractivity (Wildman–Crippen MR) is 131 cm³/mol. The smallest absolute Gasteiger partial charge is 0.223 e. The van der Waals surface area contributed by atoms with Gasteiger partial charge in [0.05, 0.1) is 0 Å². The number of nitrogens with zero attached hydrogens (tertiary/aromatic N) is 1. The summed E-state index contributed by atoms with van der Waals surface area (Å²) in [6.07, 6.45) is 8.25. The van der Waals surface area contributed by atoms with Gasteiger partial charge in [0.15, 0.2) is 5.96 Å². The molecule has 6 nitrogen and oxygen atoms in total. The number of hydrogen-bond acceptors (Lipinski definition) is 2. The summed E-state index contributed by atoms with van der Waals surface area (Å²) in [6, 6.07) is 4.77. The molecule has 1 aromatic carbocycles. The molecule has 0 aliphatic heterocycles. The quantitative estimate of drug-likeness (QED) is 0.182. The van der Waals surface area contributed by atoms with Gasteiger partial charge in [-0.05, 0) is 49.9 Å². The number of aliphatic imine (C=N–C) groups is 1. The van der Waals surface area contributed by atoms with Gasteiger partial charge in [0.2, 0.25) is 5.91 Å². The van der Waals surface area contributed by atoms with Gasteiger partial charge in [-0.25, -0.2) is 4.39 Å². The van der Waals surface area contributed by atoms with E-state index in [0.717, 1.165) is 61.1 Å². The van der Waals surface area contributed by atoms with E-state index < -0.39 is 0 Å². The van der Waals surface area contributed by atoms with Crippen LogP contribution in [0.4, 0.5) is 4.39 Å². The van der Waals surface area contributed by atoms with E-state index in [1.165, 1.54) is 12.5 Å². The number of guanidine groups is 1. The molecule has 0 atom stereocenters. The van der Waals surface area contributed by atoms with E-state index in [2.05, 4.69) is 25.9 Å². The second kappa shape index (κ2) is 12.8. The monoisotopic (exact) mass is 529 g/mol. The Balaban J connectivity index is 0.00000320. The SMILES string of the molecule is CCNC(=NCCc1c[nH]c2ccc(F)cc12)NCCNC(=O)C1CCCCC1.I. The summed E-state index contributed by atoms with van der Waals surface area (Å²) in [4.78, 5) is 20.0. The summed E-state index contributed by atoms with van der Waals surface area (Å²) in [5.74, 6) is 0.865. The van der Waals surface area contributed by atoms with Crippen LogP contribution >= 0.6 is 24.0 Å². The highest BCUT2D eigenvalue weighted by atomic mass is 127. The van der Waals surface area contributed by atoms with Crippen molar-refractivity contribution in [2.75, 3.05) is 26.2 Å². The van der Waals surface area contributed by atoms with E-state index in [1.54, 1.807) is 12.1 Å². The van der Waals surface area contributed by atoms with Gasteiger partial charge in [-0.1, -0.05) is 19.3 Å². The maximum Gasteiger partial charge on any atom is 0.223 e. The van der Waals surface area contributed by atoms with E-state index in [4.69, 9.17) is 0 Å². The number of benzene rings is 1. The van der Waals surface area contributed by atoms with Crippen LogP contribution in [0.15, 0.2) is 29.4 Å². The molecule has 0 radical (unpaired) electrons. The molecule has 0 saturated heterocycles. The van der Waals surface area contributed by atoms with Crippen LogP contribution in [-0.2, 0) is 11.2 Å². The molecule has 166 valence electrons. The van der Waals surface area contributed by atoms with Crippen molar-refractivity contribution < 1.29 is 9.18 Å². The van der Waals surface area contributed by atoms with Crippen LogP contribution in [0.25, 0.3) is 10.9 Å². The number of aromatic amines is 1. The third kappa shape index (κ3) is 7.14. The molecule has 2 aromatic rings. The summed E-state index contributed by atoms with van der Waals surface area (Å²) in [5.41, 5.74) is 1.99. The van der Waals surface area contributed by atoms with E-state index in [1.807, 2.05) is 13.1 Å². The molecule has 30 heavy (non-hydrogen) atoms. The largest absolute Gasteiger partial charge is 0.361 e.